The van der Waals surface area contributed by atoms with Crippen LogP contribution in [-0.2, 0) is 16.0 Å². The second-order valence-electron chi connectivity index (χ2n) is 6.55. The molecule has 0 bridgehead atoms. The van der Waals surface area contributed by atoms with E-state index in [0.29, 0.717) is 0 Å². The van der Waals surface area contributed by atoms with Crippen LogP contribution in [0.5, 0.6) is 0 Å². The number of nitrogens with one attached hydrogen (secondary N) is 1. The highest BCUT2D eigenvalue weighted by atomic mass is 16.2. The summed E-state index contributed by atoms with van der Waals surface area (Å²) in [6.45, 7) is 1.93. The predicted molar refractivity (Wildman–Crippen MR) is 106 cm³/mol. The molecule has 2 aromatic carbocycles. The first-order valence-electron chi connectivity index (χ1n) is 9.06. The van der Waals surface area contributed by atoms with Gasteiger partial charge in [-0.05, 0) is 30.2 Å². The van der Waals surface area contributed by atoms with E-state index in [1.54, 1.807) is 23.0 Å². The van der Waals surface area contributed by atoms with Gasteiger partial charge in [-0.25, -0.2) is 9.67 Å². The lowest BCUT2D eigenvalue weighted by atomic mass is 10.1. The Morgan fingerprint density at radius 3 is 2.46 bits per heavy atom. The topological polar surface area (TPSA) is 80.1 Å². The minimum atomic E-state index is -0.169. The molecule has 0 fully saturated rings. The van der Waals surface area contributed by atoms with Gasteiger partial charge < -0.3 is 10.2 Å². The fourth-order valence-corrected chi connectivity index (χ4v) is 2.83. The van der Waals surface area contributed by atoms with Crippen molar-refractivity contribution < 1.29 is 9.59 Å². The van der Waals surface area contributed by atoms with Gasteiger partial charge in [0.15, 0.2) is 0 Å². The molecule has 7 nitrogen and oxygen atoms in total. The predicted octanol–water partition coefficient (Wildman–Crippen LogP) is 2.15. The number of carbonyl (C=O) groups is 2. The standard InChI is InChI=1S/C21H23N5O2/c1-16(18-8-10-19(11-9-18)26-15-22-14-24-26)25(2)21(28)13-23-20(27)12-17-6-4-3-5-7-17/h3-11,14-16H,12-13H2,1-2H3,(H,23,27)/t16-/m1/s1. The second kappa shape index (κ2) is 8.94. The molecule has 7 heteroatoms. The maximum absolute atomic E-state index is 12.5. The molecule has 0 unspecified atom stereocenters. The van der Waals surface area contributed by atoms with Crippen molar-refractivity contribution in [1.29, 1.82) is 0 Å². The molecular weight excluding hydrogens is 354 g/mol. The fourth-order valence-electron chi connectivity index (χ4n) is 2.83. The Morgan fingerprint density at radius 2 is 1.82 bits per heavy atom. The number of aromatic nitrogens is 3. The third kappa shape index (κ3) is 4.82. The smallest absolute Gasteiger partial charge is 0.242 e. The lowest BCUT2D eigenvalue weighted by molar-refractivity contribution is -0.133. The Kier molecular flexibility index (Phi) is 6.16. The molecule has 1 N–H and O–H groups in total. The van der Waals surface area contributed by atoms with Crippen LogP contribution in [0.2, 0.25) is 0 Å². The summed E-state index contributed by atoms with van der Waals surface area (Å²) in [5.41, 5.74) is 2.81. The Hall–Kier alpha value is -3.48. The van der Waals surface area contributed by atoms with Gasteiger partial charge >= 0.3 is 0 Å². The molecule has 0 aliphatic carbocycles. The van der Waals surface area contributed by atoms with Crippen LogP contribution in [0, 0.1) is 0 Å². The van der Waals surface area contributed by atoms with Crippen LogP contribution in [0.4, 0.5) is 0 Å². The lowest BCUT2D eigenvalue weighted by Crippen LogP contribution is -2.39. The van der Waals surface area contributed by atoms with Crippen LogP contribution >= 0.6 is 0 Å². The van der Waals surface area contributed by atoms with Crippen molar-refractivity contribution in [3.05, 3.63) is 78.4 Å². The quantitative estimate of drug-likeness (QED) is 0.684. The molecule has 0 spiro atoms. The Morgan fingerprint density at radius 1 is 1.11 bits per heavy atom. The Labute approximate surface area is 164 Å². The number of likely N-dealkylation sites (N-methyl/N-ethyl adjacent to an activating group) is 1. The maximum Gasteiger partial charge on any atom is 0.242 e. The Balaban J connectivity index is 1.53. The summed E-state index contributed by atoms with van der Waals surface area (Å²) in [5, 5.41) is 6.79. The van der Waals surface area contributed by atoms with Gasteiger partial charge in [0.1, 0.15) is 12.7 Å². The molecule has 28 heavy (non-hydrogen) atoms. The first kappa shape index (κ1) is 19.3. The van der Waals surface area contributed by atoms with E-state index in [-0.39, 0.29) is 30.8 Å². The van der Waals surface area contributed by atoms with Gasteiger partial charge in [-0.15, -0.1) is 0 Å². The van der Waals surface area contributed by atoms with Gasteiger partial charge in [0.2, 0.25) is 11.8 Å². The van der Waals surface area contributed by atoms with Crippen molar-refractivity contribution in [1.82, 2.24) is 25.0 Å². The average molecular weight is 377 g/mol. The molecule has 3 rings (SSSR count). The second-order valence-corrected chi connectivity index (χ2v) is 6.55. The number of benzene rings is 2. The van der Waals surface area contributed by atoms with Gasteiger partial charge in [0, 0.05) is 7.05 Å². The molecule has 0 radical (unpaired) electrons. The number of amides is 2. The van der Waals surface area contributed by atoms with Gasteiger partial charge in [-0.2, -0.15) is 5.10 Å². The highest BCUT2D eigenvalue weighted by Crippen LogP contribution is 2.20. The molecule has 0 aliphatic heterocycles. The lowest BCUT2D eigenvalue weighted by Gasteiger charge is -2.25. The number of hydrogen-bond donors (Lipinski definition) is 1. The molecule has 0 aliphatic rings. The van der Waals surface area contributed by atoms with Crippen molar-refractivity contribution in [2.24, 2.45) is 0 Å². The zero-order valence-corrected chi connectivity index (χ0v) is 15.9. The average Bonchev–Trinajstić information content (AvgIpc) is 3.26. The normalized spacial score (nSPS) is 11.6. The summed E-state index contributed by atoms with van der Waals surface area (Å²) in [4.78, 5) is 30.1. The van der Waals surface area contributed by atoms with Crippen LogP contribution in [0.15, 0.2) is 67.3 Å². The Bertz CT molecular complexity index is 908. The van der Waals surface area contributed by atoms with E-state index in [4.69, 9.17) is 0 Å². The monoisotopic (exact) mass is 377 g/mol. The molecule has 2 amide bonds. The van der Waals surface area contributed by atoms with Crippen molar-refractivity contribution >= 4 is 11.8 Å². The molecule has 1 atom stereocenters. The van der Waals surface area contributed by atoms with E-state index >= 15 is 0 Å². The van der Waals surface area contributed by atoms with Crippen molar-refractivity contribution in [3.63, 3.8) is 0 Å². The summed E-state index contributed by atoms with van der Waals surface area (Å²) < 4.78 is 1.67. The molecule has 1 heterocycles. The van der Waals surface area contributed by atoms with Crippen molar-refractivity contribution in [3.8, 4) is 5.69 Å². The van der Waals surface area contributed by atoms with Crippen LogP contribution in [0.25, 0.3) is 5.69 Å². The van der Waals surface area contributed by atoms with Crippen molar-refractivity contribution in [2.45, 2.75) is 19.4 Å². The molecule has 3 aromatic rings. The maximum atomic E-state index is 12.5. The summed E-state index contributed by atoms with van der Waals surface area (Å²) in [6.07, 6.45) is 3.37. The molecule has 144 valence electrons. The van der Waals surface area contributed by atoms with Crippen LogP contribution in [0.3, 0.4) is 0 Å². The van der Waals surface area contributed by atoms with Crippen LogP contribution in [0.1, 0.15) is 24.1 Å². The highest BCUT2D eigenvalue weighted by Gasteiger charge is 2.18. The first-order valence-corrected chi connectivity index (χ1v) is 9.06. The zero-order chi connectivity index (χ0) is 19.9. The molecule has 1 aromatic heterocycles. The highest BCUT2D eigenvalue weighted by molar-refractivity contribution is 5.85. The van der Waals surface area contributed by atoms with E-state index in [1.165, 1.54) is 6.33 Å². The third-order valence-electron chi connectivity index (χ3n) is 4.68. The molecule has 0 saturated carbocycles. The van der Waals surface area contributed by atoms with E-state index < -0.39 is 0 Å². The largest absolute Gasteiger partial charge is 0.347 e. The number of hydrogen-bond acceptors (Lipinski definition) is 4. The third-order valence-corrected chi connectivity index (χ3v) is 4.68. The van der Waals surface area contributed by atoms with Gasteiger partial charge in [0.25, 0.3) is 0 Å². The van der Waals surface area contributed by atoms with Crippen LogP contribution < -0.4 is 5.32 Å². The summed E-state index contributed by atoms with van der Waals surface area (Å²) >= 11 is 0. The fraction of sp³-hybridized carbons (Fsp3) is 0.238. The first-order chi connectivity index (χ1) is 13.5. The van der Waals surface area contributed by atoms with E-state index in [2.05, 4.69) is 15.4 Å². The SMILES string of the molecule is C[C@H](c1ccc(-n2cncn2)cc1)N(C)C(=O)CNC(=O)Cc1ccccc1. The molecular formula is C21H23N5O2. The number of nitrogens with zero attached hydrogens (tertiary/aromatic N) is 4. The molecule has 0 saturated heterocycles. The summed E-state index contributed by atoms with van der Waals surface area (Å²) in [6, 6.07) is 17.1. The van der Waals surface area contributed by atoms with Gasteiger partial charge in [-0.3, -0.25) is 9.59 Å². The summed E-state index contributed by atoms with van der Waals surface area (Å²) in [5.74, 6) is -0.313. The van der Waals surface area contributed by atoms with Crippen LogP contribution in [-0.4, -0.2) is 45.1 Å². The van der Waals surface area contributed by atoms with E-state index in [1.807, 2.05) is 61.5 Å². The minimum absolute atomic E-state index is 0.0243. The number of carbonyl (C=O) groups excluding carboxylic acids is 2. The van der Waals surface area contributed by atoms with Crippen molar-refractivity contribution in [2.75, 3.05) is 13.6 Å². The van der Waals surface area contributed by atoms with E-state index in [0.717, 1.165) is 16.8 Å². The summed E-state index contributed by atoms with van der Waals surface area (Å²) in [7, 11) is 1.74. The zero-order valence-electron chi connectivity index (χ0n) is 15.9. The number of rotatable bonds is 7. The van der Waals surface area contributed by atoms with Gasteiger partial charge in [-0.1, -0.05) is 42.5 Å². The minimum Gasteiger partial charge on any atom is -0.347 e. The van der Waals surface area contributed by atoms with Gasteiger partial charge in [0.05, 0.1) is 24.7 Å². The van der Waals surface area contributed by atoms with E-state index in [9.17, 15) is 9.59 Å².